The second-order valence-electron chi connectivity index (χ2n) is 4.13. The Morgan fingerprint density at radius 3 is 2.33 bits per heavy atom. The van der Waals surface area contributed by atoms with E-state index in [1.807, 2.05) is 56.3 Å². The Morgan fingerprint density at radius 2 is 1.72 bits per heavy atom. The molecule has 0 aliphatic carbocycles. The summed E-state index contributed by atoms with van der Waals surface area (Å²) in [5, 5.41) is 0. The fourth-order valence-electron chi connectivity index (χ4n) is 1.69. The fourth-order valence-corrected chi connectivity index (χ4v) is 1.69. The number of hydrogen-bond donors (Lipinski definition) is 1. The van der Waals surface area contributed by atoms with Crippen molar-refractivity contribution in [1.29, 1.82) is 0 Å². The molecule has 0 fully saturated rings. The van der Waals surface area contributed by atoms with Gasteiger partial charge in [-0.2, -0.15) is 0 Å². The summed E-state index contributed by atoms with van der Waals surface area (Å²) < 4.78 is 6.84. The fraction of sp³-hybridized carbons (Fsp3) is 0.214. The lowest BCUT2D eigenvalue weighted by Crippen LogP contribution is -2.25. The number of hydrogen-bond acceptors (Lipinski definition) is 2. The summed E-state index contributed by atoms with van der Waals surface area (Å²) in [4.78, 5) is 11.6. The lowest BCUT2D eigenvalue weighted by Gasteiger charge is -2.11. The number of aryl methyl sites for hydroxylation is 2. The molecule has 2 rings (SSSR count). The molecule has 1 aromatic heterocycles. The smallest absolute Gasteiger partial charge is 0.426 e. The van der Waals surface area contributed by atoms with Crippen molar-refractivity contribution in [3.63, 3.8) is 0 Å². The highest BCUT2D eigenvalue weighted by molar-refractivity contribution is 5.76. The molecule has 94 valence electrons. The van der Waals surface area contributed by atoms with Gasteiger partial charge in [0, 0.05) is 11.4 Å². The van der Waals surface area contributed by atoms with Crippen LogP contribution in [-0.4, -0.2) is 10.8 Å². The monoisotopic (exact) mass is 244 g/mol. The third-order valence-electron chi connectivity index (χ3n) is 2.69. The third-order valence-corrected chi connectivity index (χ3v) is 2.69. The molecular formula is C14H16N2O2. The topological polar surface area (TPSA) is 43.3 Å². The van der Waals surface area contributed by atoms with Crippen LogP contribution in [0, 0.1) is 13.8 Å². The van der Waals surface area contributed by atoms with Crippen LogP contribution in [0.4, 0.5) is 4.79 Å². The first-order chi connectivity index (χ1) is 8.66. The zero-order chi connectivity index (χ0) is 13.0. The predicted molar refractivity (Wildman–Crippen MR) is 69.9 cm³/mol. The maximum absolute atomic E-state index is 11.6. The van der Waals surface area contributed by atoms with Gasteiger partial charge >= 0.3 is 6.09 Å². The van der Waals surface area contributed by atoms with Crippen molar-refractivity contribution < 1.29 is 9.53 Å². The van der Waals surface area contributed by atoms with Crippen molar-refractivity contribution >= 4 is 6.09 Å². The number of carbonyl (C=O) groups is 1. The van der Waals surface area contributed by atoms with E-state index >= 15 is 0 Å². The summed E-state index contributed by atoms with van der Waals surface area (Å²) in [6.45, 7) is 4.11. The van der Waals surface area contributed by atoms with Crippen molar-refractivity contribution in [3.05, 3.63) is 59.4 Å². The van der Waals surface area contributed by atoms with E-state index in [-0.39, 0.29) is 6.61 Å². The van der Waals surface area contributed by atoms with Crippen molar-refractivity contribution in [2.24, 2.45) is 0 Å². The van der Waals surface area contributed by atoms with Gasteiger partial charge in [0.2, 0.25) is 0 Å². The van der Waals surface area contributed by atoms with Crippen molar-refractivity contribution in [2.45, 2.75) is 20.5 Å². The highest BCUT2D eigenvalue weighted by Gasteiger charge is 2.06. The van der Waals surface area contributed by atoms with Crippen LogP contribution >= 0.6 is 0 Å². The highest BCUT2D eigenvalue weighted by atomic mass is 16.6. The van der Waals surface area contributed by atoms with Crippen LogP contribution in [0.5, 0.6) is 0 Å². The number of rotatable bonds is 3. The minimum atomic E-state index is -0.457. The minimum absolute atomic E-state index is 0.270. The van der Waals surface area contributed by atoms with Gasteiger partial charge in [0.15, 0.2) is 0 Å². The molecule has 4 heteroatoms. The largest absolute Gasteiger partial charge is 0.443 e. The first-order valence-corrected chi connectivity index (χ1v) is 5.79. The summed E-state index contributed by atoms with van der Waals surface area (Å²) in [7, 11) is 0. The summed E-state index contributed by atoms with van der Waals surface area (Å²) >= 11 is 0. The molecule has 18 heavy (non-hydrogen) atoms. The van der Waals surface area contributed by atoms with E-state index in [9.17, 15) is 4.79 Å². The van der Waals surface area contributed by atoms with E-state index in [1.54, 1.807) is 4.68 Å². The maximum Gasteiger partial charge on any atom is 0.426 e. The summed E-state index contributed by atoms with van der Waals surface area (Å²) in [5.74, 6) is 0. The van der Waals surface area contributed by atoms with Crippen LogP contribution in [0.15, 0.2) is 42.5 Å². The quantitative estimate of drug-likeness (QED) is 0.902. The summed E-state index contributed by atoms with van der Waals surface area (Å²) in [6, 6.07) is 13.5. The van der Waals surface area contributed by atoms with E-state index in [2.05, 4.69) is 5.43 Å². The van der Waals surface area contributed by atoms with Crippen molar-refractivity contribution in [3.8, 4) is 0 Å². The average molecular weight is 244 g/mol. The number of ether oxygens (including phenoxy) is 1. The predicted octanol–water partition coefficient (Wildman–Crippen LogP) is 2.99. The minimum Gasteiger partial charge on any atom is -0.443 e. The first kappa shape index (κ1) is 12.2. The van der Waals surface area contributed by atoms with Gasteiger partial charge in [0.1, 0.15) is 6.61 Å². The Hall–Kier alpha value is -2.23. The molecule has 1 heterocycles. The van der Waals surface area contributed by atoms with Gasteiger partial charge in [0.05, 0.1) is 0 Å². The zero-order valence-corrected chi connectivity index (χ0v) is 10.5. The third kappa shape index (κ3) is 2.91. The van der Waals surface area contributed by atoms with Gasteiger partial charge in [-0.05, 0) is 31.5 Å². The number of amides is 1. The second-order valence-corrected chi connectivity index (χ2v) is 4.13. The van der Waals surface area contributed by atoms with E-state index < -0.39 is 6.09 Å². The molecule has 1 N–H and O–H groups in total. The molecule has 1 aromatic carbocycles. The van der Waals surface area contributed by atoms with Gasteiger partial charge in [-0.1, -0.05) is 30.3 Å². The average Bonchev–Trinajstić information content (AvgIpc) is 2.69. The number of aromatic nitrogens is 1. The second kappa shape index (κ2) is 5.40. The first-order valence-electron chi connectivity index (χ1n) is 5.79. The molecule has 0 atom stereocenters. The molecular weight excluding hydrogens is 228 g/mol. The molecule has 0 aliphatic rings. The number of nitrogens with one attached hydrogen (secondary N) is 1. The van der Waals surface area contributed by atoms with Crippen LogP contribution in [0.25, 0.3) is 0 Å². The van der Waals surface area contributed by atoms with Crippen molar-refractivity contribution in [2.75, 3.05) is 5.43 Å². The van der Waals surface area contributed by atoms with Crippen LogP contribution in [0.1, 0.15) is 17.0 Å². The molecule has 0 bridgehead atoms. The molecule has 0 saturated carbocycles. The zero-order valence-electron chi connectivity index (χ0n) is 10.5. The number of benzene rings is 1. The van der Waals surface area contributed by atoms with E-state index in [1.165, 1.54) is 0 Å². The highest BCUT2D eigenvalue weighted by Crippen LogP contribution is 2.05. The normalized spacial score (nSPS) is 10.1. The Morgan fingerprint density at radius 1 is 1.11 bits per heavy atom. The van der Waals surface area contributed by atoms with Gasteiger partial charge in [0.25, 0.3) is 0 Å². The van der Waals surface area contributed by atoms with Gasteiger partial charge in [-0.15, -0.1) is 0 Å². The SMILES string of the molecule is Cc1ccc(C)n1NC(=O)OCc1ccccc1. The van der Waals surface area contributed by atoms with Crippen molar-refractivity contribution in [1.82, 2.24) is 4.68 Å². The Labute approximate surface area is 106 Å². The molecule has 1 amide bonds. The van der Waals surface area contributed by atoms with E-state index in [0.717, 1.165) is 17.0 Å². The lowest BCUT2D eigenvalue weighted by molar-refractivity contribution is 0.151. The summed E-state index contributed by atoms with van der Waals surface area (Å²) in [5.41, 5.74) is 5.57. The maximum atomic E-state index is 11.6. The van der Waals surface area contributed by atoms with E-state index in [0.29, 0.717) is 0 Å². The molecule has 0 unspecified atom stereocenters. The van der Waals surface area contributed by atoms with Gasteiger partial charge in [-0.3, -0.25) is 4.68 Å². The number of carbonyl (C=O) groups excluding carboxylic acids is 1. The van der Waals surface area contributed by atoms with Gasteiger partial charge < -0.3 is 4.74 Å². The summed E-state index contributed by atoms with van der Waals surface area (Å²) in [6.07, 6.45) is -0.457. The molecule has 2 aromatic rings. The Kier molecular flexibility index (Phi) is 3.67. The Bertz CT molecular complexity index is 512. The van der Waals surface area contributed by atoms with E-state index in [4.69, 9.17) is 4.74 Å². The standard InChI is InChI=1S/C14H16N2O2/c1-11-8-9-12(2)16(11)15-14(17)18-10-13-6-4-3-5-7-13/h3-9H,10H2,1-2H3,(H,15,17). The molecule has 4 nitrogen and oxygen atoms in total. The van der Waals surface area contributed by atoms with Crippen LogP contribution < -0.4 is 5.43 Å². The molecule has 0 spiro atoms. The van der Waals surface area contributed by atoms with Crippen LogP contribution in [0.3, 0.4) is 0 Å². The molecule has 0 radical (unpaired) electrons. The molecule has 0 aliphatic heterocycles. The number of nitrogens with zero attached hydrogens (tertiary/aromatic N) is 1. The van der Waals surface area contributed by atoms with Crippen LogP contribution in [-0.2, 0) is 11.3 Å². The Balaban J connectivity index is 1.90. The van der Waals surface area contributed by atoms with Crippen LogP contribution in [0.2, 0.25) is 0 Å². The lowest BCUT2D eigenvalue weighted by atomic mass is 10.2. The molecule has 0 saturated heterocycles. The van der Waals surface area contributed by atoms with Gasteiger partial charge in [-0.25, -0.2) is 10.2 Å².